The van der Waals surface area contributed by atoms with E-state index in [2.05, 4.69) is 34.6 Å². The molecule has 1 amide bonds. The first-order valence-electron chi connectivity index (χ1n) is 9.64. The molecule has 5 heteroatoms. The maximum absolute atomic E-state index is 12.7. The first-order chi connectivity index (χ1) is 12.1. The Hall–Kier alpha value is -1.62. The first-order valence-corrected chi connectivity index (χ1v) is 9.64. The van der Waals surface area contributed by atoms with E-state index in [1.54, 1.807) is 0 Å². The highest BCUT2D eigenvalue weighted by molar-refractivity contribution is 5.78. The number of carbonyl (C=O) groups is 1. The molecule has 0 N–H and O–H groups in total. The lowest BCUT2D eigenvalue weighted by Gasteiger charge is -2.40. The maximum Gasteiger partial charge on any atom is 0.226 e. The molecule has 3 rings (SSSR count). The zero-order valence-electron chi connectivity index (χ0n) is 15.9. The second kappa shape index (κ2) is 8.17. The van der Waals surface area contributed by atoms with E-state index in [1.807, 2.05) is 24.5 Å². The number of imidazole rings is 1. The van der Waals surface area contributed by atoms with Gasteiger partial charge in [0.25, 0.3) is 0 Å². The Labute approximate surface area is 151 Å². The van der Waals surface area contributed by atoms with Crippen LogP contribution in [0, 0.1) is 5.92 Å². The van der Waals surface area contributed by atoms with Crippen LogP contribution in [0.15, 0.2) is 24.2 Å². The summed E-state index contributed by atoms with van der Waals surface area (Å²) in [5.41, 5.74) is 2.59. The summed E-state index contributed by atoms with van der Waals surface area (Å²) in [7, 11) is 6.23. The Morgan fingerprint density at radius 2 is 2.16 bits per heavy atom. The molecular formula is C20H32N4O. The quantitative estimate of drug-likeness (QED) is 0.771. The van der Waals surface area contributed by atoms with E-state index in [9.17, 15) is 4.79 Å². The van der Waals surface area contributed by atoms with Crippen LogP contribution in [-0.4, -0.2) is 52.4 Å². The molecule has 1 aliphatic carbocycles. The second-order valence-corrected chi connectivity index (χ2v) is 7.82. The van der Waals surface area contributed by atoms with Crippen LogP contribution in [0.3, 0.4) is 0 Å². The zero-order valence-corrected chi connectivity index (χ0v) is 15.9. The van der Waals surface area contributed by atoms with E-state index in [0.29, 0.717) is 18.4 Å². The number of hydrogen-bond acceptors (Lipinski definition) is 3. The van der Waals surface area contributed by atoms with Crippen LogP contribution in [0.4, 0.5) is 0 Å². The molecule has 1 aromatic heterocycles. The highest BCUT2D eigenvalue weighted by Crippen LogP contribution is 2.35. The summed E-state index contributed by atoms with van der Waals surface area (Å²) in [6.45, 7) is 1.93. The van der Waals surface area contributed by atoms with Crippen molar-refractivity contribution >= 4 is 5.91 Å². The summed E-state index contributed by atoms with van der Waals surface area (Å²) in [5, 5.41) is 0. The van der Waals surface area contributed by atoms with Gasteiger partial charge in [-0.1, -0.05) is 11.6 Å². The van der Waals surface area contributed by atoms with Gasteiger partial charge in [-0.2, -0.15) is 0 Å². The van der Waals surface area contributed by atoms with Crippen molar-refractivity contribution in [3.63, 3.8) is 0 Å². The maximum atomic E-state index is 12.7. The number of hydrogen-bond donors (Lipinski definition) is 0. The molecule has 2 atom stereocenters. The fourth-order valence-electron chi connectivity index (χ4n) is 4.42. The van der Waals surface area contributed by atoms with E-state index in [0.717, 1.165) is 25.9 Å². The second-order valence-electron chi connectivity index (χ2n) is 7.82. The monoisotopic (exact) mass is 344 g/mol. The molecule has 5 nitrogen and oxygen atoms in total. The fourth-order valence-corrected chi connectivity index (χ4v) is 4.42. The average Bonchev–Trinajstić information content (AvgIpc) is 3.01. The van der Waals surface area contributed by atoms with Gasteiger partial charge in [0.15, 0.2) is 0 Å². The summed E-state index contributed by atoms with van der Waals surface area (Å²) < 4.78 is 2.12. The lowest BCUT2D eigenvalue weighted by atomic mass is 9.87. The minimum Gasteiger partial charge on any atom is -0.345 e. The molecule has 2 aliphatic rings. The van der Waals surface area contributed by atoms with E-state index in [1.165, 1.54) is 37.0 Å². The molecule has 0 unspecified atom stereocenters. The van der Waals surface area contributed by atoms with Crippen molar-refractivity contribution in [2.45, 2.75) is 51.0 Å². The number of likely N-dealkylation sites (tertiary alicyclic amines) is 1. The molecule has 1 saturated heterocycles. The van der Waals surface area contributed by atoms with Crippen LogP contribution >= 0.6 is 0 Å². The van der Waals surface area contributed by atoms with Gasteiger partial charge >= 0.3 is 0 Å². The largest absolute Gasteiger partial charge is 0.345 e. The Morgan fingerprint density at radius 1 is 1.32 bits per heavy atom. The number of piperidine rings is 1. The molecule has 0 bridgehead atoms. The van der Waals surface area contributed by atoms with Crippen molar-refractivity contribution in [1.29, 1.82) is 0 Å². The highest BCUT2D eigenvalue weighted by atomic mass is 16.2. The van der Waals surface area contributed by atoms with Gasteiger partial charge in [0.1, 0.15) is 0 Å². The Kier molecular flexibility index (Phi) is 5.94. The minimum atomic E-state index is 0.269. The van der Waals surface area contributed by atoms with Gasteiger partial charge in [0.05, 0.1) is 18.1 Å². The molecule has 1 fully saturated rings. The highest BCUT2D eigenvalue weighted by Gasteiger charge is 2.33. The van der Waals surface area contributed by atoms with E-state index < -0.39 is 0 Å². The Bertz CT molecular complexity index is 621. The summed E-state index contributed by atoms with van der Waals surface area (Å²) >= 11 is 0. The smallest absolute Gasteiger partial charge is 0.226 e. The average molecular weight is 345 g/mol. The number of allylic oxidation sites excluding steroid dienone is 1. The van der Waals surface area contributed by atoms with Crippen molar-refractivity contribution in [2.24, 2.45) is 13.0 Å². The van der Waals surface area contributed by atoms with Crippen molar-refractivity contribution in [1.82, 2.24) is 19.4 Å². The molecule has 0 saturated carbocycles. The van der Waals surface area contributed by atoms with Crippen LogP contribution in [0.2, 0.25) is 0 Å². The van der Waals surface area contributed by atoms with Gasteiger partial charge < -0.3 is 9.47 Å². The lowest BCUT2D eigenvalue weighted by Crippen LogP contribution is -2.43. The summed E-state index contributed by atoms with van der Waals surface area (Å²) in [4.78, 5) is 21.4. The summed E-state index contributed by atoms with van der Waals surface area (Å²) in [5.74, 6) is 0.730. The summed E-state index contributed by atoms with van der Waals surface area (Å²) in [6.07, 6.45) is 13.9. The molecule has 0 radical (unpaired) electrons. The Balaban J connectivity index is 1.65. The van der Waals surface area contributed by atoms with Crippen LogP contribution in [0.25, 0.3) is 0 Å². The molecule has 2 heterocycles. The van der Waals surface area contributed by atoms with Gasteiger partial charge in [-0.25, -0.2) is 4.98 Å². The molecule has 0 aromatic carbocycles. The lowest BCUT2D eigenvalue weighted by molar-refractivity contribution is -0.130. The number of aromatic nitrogens is 2. The first kappa shape index (κ1) is 18.2. The molecule has 138 valence electrons. The standard InChI is InChI=1S/C20H32N4O/c1-22-11-7-10-17(20(22)18-13-21-15-24(18)3)14-23(2)19(25)12-16-8-5-4-6-9-16/h8,13,15,17,20H,4-7,9-12,14H2,1-3H3/t17-,20+/m0/s1. The predicted molar refractivity (Wildman–Crippen MR) is 100 cm³/mol. The van der Waals surface area contributed by atoms with Crippen LogP contribution in [-0.2, 0) is 11.8 Å². The van der Waals surface area contributed by atoms with Crippen molar-refractivity contribution in [3.05, 3.63) is 29.9 Å². The summed E-state index contributed by atoms with van der Waals surface area (Å²) in [6, 6.07) is 0.338. The minimum absolute atomic E-state index is 0.269. The number of nitrogens with zero attached hydrogens (tertiary/aromatic N) is 4. The van der Waals surface area contributed by atoms with Crippen LogP contribution in [0.1, 0.15) is 56.7 Å². The number of carbonyl (C=O) groups excluding carboxylic acids is 1. The van der Waals surface area contributed by atoms with Gasteiger partial charge in [-0.05, 0) is 58.0 Å². The molecular weight excluding hydrogens is 312 g/mol. The third-order valence-electron chi connectivity index (χ3n) is 5.86. The van der Waals surface area contributed by atoms with Gasteiger partial charge in [-0.15, -0.1) is 0 Å². The third-order valence-corrected chi connectivity index (χ3v) is 5.86. The van der Waals surface area contributed by atoms with E-state index in [4.69, 9.17) is 0 Å². The predicted octanol–water partition coefficient (Wildman–Crippen LogP) is 3.15. The zero-order chi connectivity index (χ0) is 17.8. The number of aryl methyl sites for hydroxylation is 1. The van der Waals surface area contributed by atoms with Crippen molar-refractivity contribution < 1.29 is 4.79 Å². The van der Waals surface area contributed by atoms with Crippen molar-refractivity contribution in [2.75, 3.05) is 27.2 Å². The van der Waals surface area contributed by atoms with E-state index >= 15 is 0 Å². The van der Waals surface area contributed by atoms with Crippen LogP contribution < -0.4 is 0 Å². The van der Waals surface area contributed by atoms with Crippen LogP contribution in [0.5, 0.6) is 0 Å². The normalized spacial score (nSPS) is 24.8. The van der Waals surface area contributed by atoms with Gasteiger partial charge in [0, 0.05) is 33.3 Å². The molecule has 0 spiro atoms. The topological polar surface area (TPSA) is 41.4 Å². The van der Waals surface area contributed by atoms with Crippen molar-refractivity contribution in [3.8, 4) is 0 Å². The van der Waals surface area contributed by atoms with Gasteiger partial charge in [-0.3, -0.25) is 9.69 Å². The fraction of sp³-hybridized carbons (Fsp3) is 0.700. The van der Waals surface area contributed by atoms with Gasteiger partial charge in [0.2, 0.25) is 5.91 Å². The molecule has 1 aromatic rings. The number of amides is 1. The number of rotatable bonds is 5. The molecule has 25 heavy (non-hydrogen) atoms. The SMILES string of the molecule is CN(C[C@@H]1CCCN(C)[C@H]1c1cncn1C)C(=O)CC1=CCCCC1. The van der Waals surface area contributed by atoms with E-state index in [-0.39, 0.29) is 5.91 Å². The third kappa shape index (κ3) is 4.32. The molecule has 1 aliphatic heterocycles. The Morgan fingerprint density at radius 3 is 2.84 bits per heavy atom.